The SMILES string of the molecule is CCCCCCCCC(=O)Nc1cccc(S(=O)(=O)O)c1.[H-].[Na+]. The third kappa shape index (κ3) is 8.90. The molecule has 0 aliphatic carbocycles. The summed E-state index contributed by atoms with van der Waals surface area (Å²) in [7, 11) is -4.24. The molecule has 2 N–H and O–H groups in total. The number of benzene rings is 1. The Morgan fingerprint density at radius 2 is 1.82 bits per heavy atom. The molecular weight excluding hydrogens is 313 g/mol. The summed E-state index contributed by atoms with van der Waals surface area (Å²) in [5, 5.41) is 2.64. The molecule has 1 aromatic carbocycles. The van der Waals surface area contributed by atoms with Gasteiger partial charge in [-0.3, -0.25) is 9.35 Å². The average molecular weight is 337 g/mol. The van der Waals surface area contributed by atoms with Gasteiger partial charge >= 0.3 is 29.6 Å². The Morgan fingerprint density at radius 1 is 1.18 bits per heavy atom. The third-order valence-electron chi connectivity index (χ3n) is 3.17. The maximum absolute atomic E-state index is 11.7. The molecular formula is C15H24NNaO4S. The first kappa shape index (κ1) is 21.6. The van der Waals surface area contributed by atoms with Crippen molar-refractivity contribution < 1.29 is 48.7 Å². The second-order valence-corrected chi connectivity index (χ2v) is 6.49. The smallest absolute Gasteiger partial charge is 1.00 e. The second-order valence-electron chi connectivity index (χ2n) is 5.07. The largest absolute Gasteiger partial charge is 1.00 e. The average Bonchev–Trinajstić information content (AvgIpc) is 2.42. The Morgan fingerprint density at radius 3 is 2.45 bits per heavy atom. The molecule has 0 aromatic heterocycles. The molecule has 0 spiro atoms. The van der Waals surface area contributed by atoms with Crippen molar-refractivity contribution in [3.8, 4) is 0 Å². The van der Waals surface area contributed by atoms with Crippen LogP contribution < -0.4 is 34.9 Å². The van der Waals surface area contributed by atoms with Crippen molar-refractivity contribution in [1.82, 2.24) is 0 Å². The van der Waals surface area contributed by atoms with Crippen LogP contribution in [0.4, 0.5) is 5.69 Å². The van der Waals surface area contributed by atoms with Crippen LogP contribution in [0.2, 0.25) is 0 Å². The Hall–Kier alpha value is -0.400. The van der Waals surface area contributed by atoms with E-state index in [4.69, 9.17) is 4.55 Å². The van der Waals surface area contributed by atoms with Gasteiger partial charge in [0.1, 0.15) is 0 Å². The Bertz CT molecular complexity index is 566. The zero-order valence-electron chi connectivity index (χ0n) is 14.3. The molecule has 0 radical (unpaired) electrons. The van der Waals surface area contributed by atoms with Crippen LogP contribution in [0.1, 0.15) is 53.3 Å². The van der Waals surface area contributed by atoms with Gasteiger partial charge in [0.25, 0.3) is 10.1 Å². The number of hydrogen-bond acceptors (Lipinski definition) is 3. The van der Waals surface area contributed by atoms with E-state index < -0.39 is 10.1 Å². The van der Waals surface area contributed by atoms with Crippen molar-refractivity contribution in [3.05, 3.63) is 24.3 Å². The molecule has 22 heavy (non-hydrogen) atoms. The quantitative estimate of drug-likeness (QED) is 0.395. The van der Waals surface area contributed by atoms with E-state index in [-0.39, 0.29) is 41.8 Å². The van der Waals surface area contributed by atoms with Gasteiger partial charge in [-0.05, 0) is 24.6 Å². The summed E-state index contributed by atoms with van der Waals surface area (Å²) < 4.78 is 31.0. The Kier molecular flexibility index (Phi) is 11.0. The maximum Gasteiger partial charge on any atom is 1.00 e. The van der Waals surface area contributed by atoms with Crippen molar-refractivity contribution in [2.45, 2.75) is 56.8 Å². The molecule has 120 valence electrons. The Balaban J connectivity index is 0. The van der Waals surface area contributed by atoms with E-state index in [0.29, 0.717) is 12.1 Å². The predicted molar refractivity (Wildman–Crippen MR) is 84.0 cm³/mol. The van der Waals surface area contributed by atoms with Crippen molar-refractivity contribution in [2.75, 3.05) is 5.32 Å². The minimum absolute atomic E-state index is 0. The molecule has 0 atom stereocenters. The van der Waals surface area contributed by atoms with E-state index in [1.54, 1.807) is 6.07 Å². The first-order valence-electron chi connectivity index (χ1n) is 7.31. The number of rotatable bonds is 9. The number of anilines is 1. The summed E-state index contributed by atoms with van der Waals surface area (Å²) in [6.45, 7) is 2.16. The summed E-state index contributed by atoms with van der Waals surface area (Å²) in [5.74, 6) is -0.141. The second kappa shape index (κ2) is 11.2. The standard InChI is InChI=1S/C15H23NO4S.Na.H/c1-2-3-4-5-6-7-11-15(17)16-13-9-8-10-14(12-13)21(18,19)20;;/h8-10,12H,2-7,11H2,1H3,(H,16,17)(H,18,19,20);;/q;+1;-1. The van der Waals surface area contributed by atoms with Crippen LogP contribution in [-0.2, 0) is 14.9 Å². The van der Waals surface area contributed by atoms with Gasteiger partial charge in [-0.1, -0.05) is 45.1 Å². The predicted octanol–water partition coefficient (Wildman–Crippen LogP) is 0.739. The minimum atomic E-state index is -4.24. The molecule has 0 aliphatic heterocycles. The van der Waals surface area contributed by atoms with Crippen molar-refractivity contribution in [3.63, 3.8) is 0 Å². The van der Waals surface area contributed by atoms with Crippen molar-refractivity contribution in [1.29, 1.82) is 0 Å². The van der Waals surface area contributed by atoms with E-state index in [1.807, 2.05) is 0 Å². The Labute approximate surface area is 156 Å². The summed E-state index contributed by atoms with van der Waals surface area (Å²) in [5.41, 5.74) is 0.376. The van der Waals surface area contributed by atoms with Crippen molar-refractivity contribution >= 4 is 21.7 Å². The number of unbranched alkanes of at least 4 members (excludes halogenated alkanes) is 5. The van der Waals surface area contributed by atoms with Gasteiger partial charge in [-0.2, -0.15) is 8.42 Å². The van der Waals surface area contributed by atoms with Crippen LogP contribution in [0.3, 0.4) is 0 Å². The number of carbonyl (C=O) groups is 1. The molecule has 1 rings (SSSR count). The van der Waals surface area contributed by atoms with Crippen molar-refractivity contribution in [2.24, 2.45) is 0 Å². The van der Waals surface area contributed by atoms with Gasteiger partial charge in [0.05, 0.1) is 4.90 Å². The number of carbonyl (C=O) groups excluding carboxylic acids is 1. The monoisotopic (exact) mass is 337 g/mol. The van der Waals surface area contributed by atoms with E-state index >= 15 is 0 Å². The fourth-order valence-corrected chi connectivity index (χ4v) is 2.55. The minimum Gasteiger partial charge on any atom is -1.00 e. The van der Waals surface area contributed by atoms with E-state index in [9.17, 15) is 13.2 Å². The van der Waals surface area contributed by atoms with Crippen LogP contribution in [0.25, 0.3) is 0 Å². The molecule has 0 aliphatic rings. The van der Waals surface area contributed by atoms with E-state index in [1.165, 1.54) is 37.5 Å². The van der Waals surface area contributed by atoms with Gasteiger partial charge in [0.15, 0.2) is 0 Å². The summed E-state index contributed by atoms with van der Waals surface area (Å²) in [6.07, 6.45) is 7.04. The normalized spacial score (nSPS) is 10.8. The zero-order chi connectivity index (χ0) is 15.7. The molecule has 5 nitrogen and oxygen atoms in total. The van der Waals surface area contributed by atoms with Gasteiger partial charge in [-0.15, -0.1) is 0 Å². The molecule has 0 saturated carbocycles. The van der Waals surface area contributed by atoms with Gasteiger partial charge in [0.2, 0.25) is 5.91 Å². The van der Waals surface area contributed by atoms with Gasteiger partial charge in [0, 0.05) is 12.1 Å². The van der Waals surface area contributed by atoms with Gasteiger partial charge in [-0.25, -0.2) is 0 Å². The number of nitrogens with one attached hydrogen (secondary N) is 1. The molecule has 0 unspecified atom stereocenters. The van der Waals surface area contributed by atoms with Crippen LogP contribution in [0.5, 0.6) is 0 Å². The molecule has 1 aromatic rings. The topological polar surface area (TPSA) is 83.5 Å². The van der Waals surface area contributed by atoms with Gasteiger partial charge < -0.3 is 6.74 Å². The summed E-state index contributed by atoms with van der Waals surface area (Å²) in [6, 6.07) is 5.59. The molecule has 1 amide bonds. The van der Waals surface area contributed by atoms with Crippen LogP contribution in [-0.4, -0.2) is 18.9 Å². The first-order valence-corrected chi connectivity index (χ1v) is 8.75. The molecule has 0 fully saturated rings. The fourth-order valence-electron chi connectivity index (χ4n) is 2.02. The number of amides is 1. The third-order valence-corrected chi connectivity index (χ3v) is 4.02. The first-order chi connectivity index (χ1) is 9.93. The molecule has 0 heterocycles. The maximum atomic E-state index is 11.7. The van der Waals surface area contributed by atoms with Crippen LogP contribution in [0.15, 0.2) is 29.2 Å². The van der Waals surface area contributed by atoms with E-state index in [2.05, 4.69) is 12.2 Å². The van der Waals surface area contributed by atoms with Crippen LogP contribution >= 0.6 is 0 Å². The summed E-state index contributed by atoms with van der Waals surface area (Å²) in [4.78, 5) is 11.5. The molecule has 0 bridgehead atoms. The number of hydrogen-bond donors (Lipinski definition) is 2. The molecule has 0 saturated heterocycles. The van der Waals surface area contributed by atoms with Crippen LogP contribution in [0, 0.1) is 0 Å². The fraction of sp³-hybridized carbons (Fsp3) is 0.533. The summed E-state index contributed by atoms with van der Waals surface area (Å²) >= 11 is 0. The molecule has 7 heteroatoms. The zero-order valence-corrected chi connectivity index (χ0v) is 16.2. The van der Waals surface area contributed by atoms with E-state index in [0.717, 1.165) is 19.3 Å².